The molecule has 3 heteroatoms. The van der Waals surface area contributed by atoms with Crippen LogP contribution >= 0.6 is 0 Å². The van der Waals surface area contributed by atoms with Crippen LogP contribution in [-0.2, 0) is 0 Å². The minimum atomic E-state index is -0.383. The molecule has 0 bridgehead atoms. The number of aryl methyl sites for hydroxylation is 1. The zero-order valence-electron chi connectivity index (χ0n) is 12.2. The van der Waals surface area contributed by atoms with Gasteiger partial charge in [0.2, 0.25) is 5.91 Å². The molecule has 1 fully saturated rings. The Morgan fingerprint density at radius 2 is 1.90 bits per heavy atom. The van der Waals surface area contributed by atoms with Crippen molar-refractivity contribution in [3.8, 4) is 0 Å². The Balaban J connectivity index is 1.85. The maximum atomic E-state index is 11.2. The first kappa shape index (κ1) is 13.7. The molecule has 2 aromatic rings. The van der Waals surface area contributed by atoms with Gasteiger partial charge in [-0.3, -0.25) is 4.79 Å². The molecular weight excluding hydrogens is 260 g/mol. The summed E-state index contributed by atoms with van der Waals surface area (Å²) in [4.78, 5) is 11.2. The maximum Gasteiger partial charge on any atom is 0.248 e. The van der Waals surface area contributed by atoms with Gasteiger partial charge in [-0.25, -0.2) is 0 Å². The molecule has 1 aliphatic carbocycles. The third-order valence-corrected chi connectivity index (χ3v) is 4.07. The third-order valence-electron chi connectivity index (χ3n) is 4.07. The highest BCUT2D eigenvalue weighted by molar-refractivity contribution is 5.93. The maximum absolute atomic E-state index is 11.2. The van der Waals surface area contributed by atoms with E-state index in [4.69, 9.17) is 5.73 Å². The summed E-state index contributed by atoms with van der Waals surface area (Å²) in [7, 11) is 0. The van der Waals surface area contributed by atoms with E-state index >= 15 is 0 Å². The van der Waals surface area contributed by atoms with E-state index in [0.717, 1.165) is 11.3 Å². The number of primary amides is 1. The zero-order chi connectivity index (χ0) is 14.8. The van der Waals surface area contributed by atoms with Gasteiger partial charge < -0.3 is 11.1 Å². The highest BCUT2D eigenvalue weighted by Gasteiger charge is 2.32. The zero-order valence-corrected chi connectivity index (χ0v) is 12.2. The van der Waals surface area contributed by atoms with Gasteiger partial charge in [-0.05, 0) is 55.0 Å². The molecule has 108 valence electrons. The molecule has 0 aromatic heterocycles. The molecule has 1 atom stereocenters. The van der Waals surface area contributed by atoms with E-state index in [1.165, 1.54) is 18.4 Å². The Kier molecular flexibility index (Phi) is 3.65. The molecule has 21 heavy (non-hydrogen) atoms. The molecule has 0 aliphatic heterocycles. The number of nitrogens with two attached hydrogens (primary N) is 1. The van der Waals surface area contributed by atoms with Gasteiger partial charge in [-0.1, -0.05) is 30.3 Å². The van der Waals surface area contributed by atoms with Crippen molar-refractivity contribution in [2.75, 3.05) is 5.32 Å². The summed E-state index contributed by atoms with van der Waals surface area (Å²) >= 11 is 0. The fourth-order valence-electron chi connectivity index (χ4n) is 2.71. The molecule has 0 spiro atoms. The van der Waals surface area contributed by atoms with Gasteiger partial charge in [-0.2, -0.15) is 0 Å². The van der Waals surface area contributed by atoms with E-state index in [1.807, 2.05) is 25.1 Å². The molecule has 3 N–H and O–H groups in total. The minimum Gasteiger partial charge on any atom is -0.378 e. The van der Waals surface area contributed by atoms with Crippen LogP contribution in [0.1, 0.15) is 40.4 Å². The third kappa shape index (κ3) is 3.07. The van der Waals surface area contributed by atoms with Gasteiger partial charge >= 0.3 is 0 Å². The van der Waals surface area contributed by atoms with Gasteiger partial charge in [0.05, 0.1) is 6.04 Å². The summed E-state index contributed by atoms with van der Waals surface area (Å²) in [5, 5.41) is 3.64. The predicted molar refractivity (Wildman–Crippen MR) is 85.2 cm³/mol. The standard InChI is InChI=1S/C18H20N2O/c1-12-11-15(18(19)21)9-10-16(12)20-17(14-7-8-14)13-5-3-2-4-6-13/h2-6,9-11,14,17,20H,7-8H2,1H3,(H2,19,21). The van der Waals surface area contributed by atoms with Crippen molar-refractivity contribution >= 4 is 11.6 Å². The minimum absolute atomic E-state index is 0.337. The molecule has 2 aromatic carbocycles. The van der Waals surface area contributed by atoms with E-state index in [9.17, 15) is 4.79 Å². The van der Waals surface area contributed by atoms with Crippen LogP contribution in [0.5, 0.6) is 0 Å². The molecular formula is C18H20N2O. The van der Waals surface area contributed by atoms with Gasteiger partial charge in [0.1, 0.15) is 0 Å². The Bertz CT molecular complexity index is 648. The average Bonchev–Trinajstić information content (AvgIpc) is 3.31. The Morgan fingerprint density at radius 3 is 2.48 bits per heavy atom. The van der Waals surface area contributed by atoms with Crippen molar-refractivity contribution in [1.82, 2.24) is 0 Å². The SMILES string of the molecule is Cc1cc(C(N)=O)ccc1NC(c1ccccc1)C1CC1. The van der Waals surface area contributed by atoms with Gasteiger partial charge in [0.15, 0.2) is 0 Å². The quantitative estimate of drug-likeness (QED) is 0.878. The fourth-order valence-corrected chi connectivity index (χ4v) is 2.71. The lowest BCUT2D eigenvalue weighted by Gasteiger charge is -2.21. The number of benzene rings is 2. The number of carbonyl (C=O) groups is 1. The van der Waals surface area contributed by atoms with Crippen molar-refractivity contribution < 1.29 is 4.79 Å². The van der Waals surface area contributed by atoms with E-state index in [0.29, 0.717) is 17.5 Å². The Morgan fingerprint density at radius 1 is 1.19 bits per heavy atom. The highest BCUT2D eigenvalue weighted by atomic mass is 16.1. The molecule has 1 unspecified atom stereocenters. The van der Waals surface area contributed by atoms with Crippen molar-refractivity contribution in [3.63, 3.8) is 0 Å². The number of nitrogens with one attached hydrogen (secondary N) is 1. The smallest absolute Gasteiger partial charge is 0.248 e. The molecule has 3 rings (SSSR count). The topological polar surface area (TPSA) is 55.1 Å². The monoisotopic (exact) mass is 280 g/mol. The first-order valence-electron chi connectivity index (χ1n) is 7.37. The lowest BCUT2D eigenvalue weighted by Crippen LogP contribution is -2.15. The van der Waals surface area contributed by atoms with Crippen LogP contribution in [0.15, 0.2) is 48.5 Å². The van der Waals surface area contributed by atoms with E-state index in [-0.39, 0.29) is 5.91 Å². The number of anilines is 1. The summed E-state index contributed by atoms with van der Waals surface area (Å²) < 4.78 is 0. The van der Waals surface area contributed by atoms with Crippen molar-refractivity contribution in [2.24, 2.45) is 11.7 Å². The first-order valence-corrected chi connectivity index (χ1v) is 7.37. The van der Waals surface area contributed by atoms with E-state index in [2.05, 4.69) is 29.6 Å². The summed E-state index contributed by atoms with van der Waals surface area (Å²) in [5.41, 5.74) is 9.32. The summed E-state index contributed by atoms with van der Waals surface area (Å²) in [5.74, 6) is 0.314. The number of hydrogen-bond donors (Lipinski definition) is 2. The van der Waals surface area contributed by atoms with Crippen LogP contribution in [-0.4, -0.2) is 5.91 Å². The Labute approximate surface area is 125 Å². The second-order valence-corrected chi connectivity index (χ2v) is 5.76. The summed E-state index contributed by atoms with van der Waals surface area (Å²) in [6, 6.07) is 16.5. The van der Waals surface area contributed by atoms with E-state index < -0.39 is 0 Å². The lowest BCUT2D eigenvalue weighted by molar-refractivity contribution is 0.1000. The normalized spacial score (nSPS) is 15.5. The molecule has 0 radical (unpaired) electrons. The van der Waals surface area contributed by atoms with Crippen molar-refractivity contribution in [2.45, 2.75) is 25.8 Å². The number of hydrogen-bond acceptors (Lipinski definition) is 2. The molecule has 0 saturated heterocycles. The van der Waals surface area contributed by atoms with Crippen molar-refractivity contribution in [1.29, 1.82) is 0 Å². The molecule has 1 aliphatic rings. The van der Waals surface area contributed by atoms with Crippen molar-refractivity contribution in [3.05, 3.63) is 65.2 Å². The van der Waals surface area contributed by atoms with Crippen LogP contribution in [0.4, 0.5) is 5.69 Å². The highest BCUT2D eigenvalue weighted by Crippen LogP contribution is 2.43. The van der Waals surface area contributed by atoms with Crippen LogP contribution in [0.2, 0.25) is 0 Å². The second-order valence-electron chi connectivity index (χ2n) is 5.76. The van der Waals surface area contributed by atoms with Crippen LogP contribution in [0.3, 0.4) is 0 Å². The second kappa shape index (κ2) is 5.60. The van der Waals surface area contributed by atoms with Crippen LogP contribution in [0.25, 0.3) is 0 Å². The summed E-state index contributed by atoms with van der Waals surface area (Å²) in [6.45, 7) is 2.00. The first-order chi connectivity index (χ1) is 10.1. The number of amides is 1. The number of rotatable bonds is 5. The predicted octanol–water partition coefficient (Wildman–Crippen LogP) is 3.66. The molecule has 1 saturated carbocycles. The van der Waals surface area contributed by atoms with Crippen LogP contribution < -0.4 is 11.1 Å². The average molecular weight is 280 g/mol. The lowest BCUT2D eigenvalue weighted by atomic mass is 10.0. The largest absolute Gasteiger partial charge is 0.378 e. The van der Waals surface area contributed by atoms with Gasteiger partial charge in [-0.15, -0.1) is 0 Å². The number of carbonyl (C=O) groups excluding carboxylic acids is 1. The molecule has 0 heterocycles. The van der Waals surface area contributed by atoms with E-state index in [1.54, 1.807) is 6.07 Å². The van der Waals surface area contributed by atoms with Gasteiger partial charge in [0.25, 0.3) is 0 Å². The Hall–Kier alpha value is -2.29. The molecule has 3 nitrogen and oxygen atoms in total. The van der Waals surface area contributed by atoms with Gasteiger partial charge in [0, 0.05) is 11.3 Å². The summed E-state index contributed by atoms with van der Waals surface area (Å²) in [6.07, 6.45) is 2.54. The van der Waals surface area contributed by atoms with Crippen LogP contribution in [0, 0.1) is 12.8 Å². The molecule has 1 amide bonds. The fraction of sp³-hybridized carbons (Fsp3) is 0.278.